The van der Waals surface area contributed by atoms with Gasteiger partial charge in [0.25, 0.3) is 0 Å². The lowest BCUT2D eigenvalue weighted by Gasteiger charge is -2.10. The molecule has 3 rings (SSSR count). The summed E-state index contributed by atoms with van der Waals surface area (Å²) in [4.78, 5) is 3.99. The molecule has 0 aliphatic heterocycles. The van der Waals surface area contributed by atoms with Crippen LogP contribution < -0.4 is 5.73 Å². The van der Waals surface area contributed by atoms with Gasteiger partial charge >= 0.3 is 6.01 Å². The number of pyridine rings is 1. The van der Waals surface area contributed by atoms with Gasteiger partial charge < -0.3 is 10.8 Å². The third kappa shape index (κ3) is 2.40. The quantitative estimate of drug-likeness (QED) is 0.708. The summed E-state index contributed by atoms with van der Waals surface area (Å²) in [7, 11) is 0. The maximum absolute atomic E-state index is 14.2. The van der Waals surface area contributed by atoms with Crippen LogP contribution in [-0.4, -0.2) is 24.9 Å². The highest BCUT2D eigenvalue weighted by Gasteiger charge is 2.21. The van der Waals surface area contributed by atoms with Crippen molar-refractivity contribution in [2.45, 2.75) is 0 Å². The van der Waals surface area contributed by atoms with Gasteiger partial charge in [-0.1, -0.05) is 22.8 Å². The van der Waals surface area contributed by atoms with Gasteiger partial charge in [-0.15, -0.1) is 5.10 Å². The highest BCUT2D eigenvalue weighted by atomic mass is 79.9. The average Bonchev–Trinajstić information content (AvgIpc) is 2.86. The minimum Gasteiger partial charge on any atom is -0.479 e. The molecule has 0 radical (unpaired) electrons. The molecule has 0 saturated carbocycles. The van der Waals surface area contributed by atoms with Crippen LogP contribution in [-0.2, 0) is 0 Å². The Morgan fingerprint density at radius 1 is 1.32 bits per heavy atom. The monoisotopic (exact) mass is 383 g/mol. The molecular weight excluding hydrogens is 377 g/mol. The number of rotatable bonds is 2. The molecule has 0 aliphatic carbocycles. The normalized spacial score (nSPS) is 10.9. The van der Waals surface area contributed by atoms with Gasteiger partial charge in [-0.2, -0.15) is 0 Å². The minimum atomic E-state index is -0.706. The fourth-order valence-corrected chi connectivity index (χ4v) is 2.47. The second-order valence-corrected chi connectivity index (χ2v) is 5.64. The van der Waals surface area contributed by atoms with Gasteiger partial charge in [0.2, 0.25) is 0 Å². The van der Waals surface area contributed by atoms with Crippen LogP contribution >= 0.6 is 27.5 Å². The molecule has 0 spiro atoms. The van der Waals surface area contributed by atoms with Crippen LogP contribution in [0.3, 0.4) is 0 Å². The largest absolute Gasteiger partial charge is 0.479 e. The van der Waals surface area contributed by atoms with Crippen LogP contribution in [0.2, 0.25) is 5.02 Å². The topological polar surface area (TPSA) is 89.8 Å². The van der Waals surface area contributed by atoms with Crippen molar-refractivity contribution < 1.29 is 9.50 Å². The number of aromatic nitrogens is 4. The Bertz CT molecular complexity index is 870. The number of aromatic hydroxyl groups is 1. The molecule has 0 amide bonds. The highest BCUT2D eigenvalue weighted by molar-refractivity contribution is 9.10. The standard InChI is InChI=1S/C13H8BrClFN5O/c14-6-4-7(11(17)18-5-6)12-19-20-13(22)21(12)9-3-1-2-8(15)10(9)16/h1-5H,(H2,17,18)(H,20,22). The lowest BCUT2D eigenvalue weighted by molar-refractivity contribution is 0.418. The Hall–Kier alpha value is -2.19. The molecule has 22 heavy (non-hydrogen) atoms. The van der Waals surface area contributed by atoms with Crippen molar-refractivity contribution in [3.8, 4) is 23.1 Å². The zero-order valence-electron chi connectivity index (χ0n) is 10.8. The summed E-state index contributed by atoms with van der Waals surface area (Å²) >= 11 is 9.06. The van der Waals surface area contributed by atoms with Crippen molar-refractivity contribution in [2.75, 3.05) is 5.73 Å². The Morgan fingerprint density at radius 2 is 2.09 bits per heavy atom. The zero-order valence-corrected chi connectivity index (χ0v) is 13.2. The summed E-state index contributed by atoms with van der Waals surface area (Å²) in [5.41, 5.74) is 6.23. The fourth-order valence-electron chi connectivity index (χ4n) is 1.97. The number of hydrogen-bond acceptors (Lipinski definition) is 5. The van der Waals surface area contributed by atoms with Crippen molar-refractivity contribution in [1.82, 2.24) is 19.7 Å². The first-order chi connectivity index (χ1) is 10.5. The molecule has 3 N–H and O–H groups in total. The van der Waals surface area contributed by atoms with Gasteiger partial charge in [0.15, 0.2) is 11.6 Å². The van der Waals surface area contributed by atoms with E-state index in [0.29, 0.717) is 10.0 Å². The third-order valence-corrected chi connectivity index (χ3v) is 3.67. The Kier molecular flexibility index (Phi) is 3.71. The lowest BCUT2D eigenvalue weighted by atomic mass is 10.2. The van der Waals surface area contributed by atoms with Gasteiger partial charge in [-0.3, -0.25) is 0 Å². The zero-order chi connectivity index (χ0) is 15.9. The first-order valence-corrected chi connectivity index (χ1v) is 7.16. The van der Waals surface area contributed by atoms with Crippen LogP contribution in [0, 0.1) is 5.82 Å². The van der Waals surface area contributed by atoms with Gasteiger partial charge in [0, 0.05) is 10.7 Å². The molecule has 3 aromatic rings. The molecule has 6 nitrogen and oxygen atoms in total. The number of nitrogen functional groups attached to an aromatic ring is 1. The third-order valence-electron chi connectivity index (χ3n) is 2.94. The molecule has 0 bridgehead atoms. The van der Waals surface area contributed by atoms with Gasteiger partial charge in [-0.25, -0.2) is 13.9 Å². The number of hydrogen-bond donors (Lipinski definition) is 2. The molecule has 112 valence electrons. The van der Waals surface area contributed by atoms with Crippen molar-refractivity contribution in [2.24, 2.45) is 0 Å². The molecule has 0 atom stereocenters. The van der Waals surface area contributed by atoms with Gasteiger partial charge in [0.05, 0.1) is 16.3 Å². The summed E-state index contributed by atoms with van der Waals surface area (Å²) in [5.74, 6) is -0.397. The van der Waals surface area contributed by atoms with E-state index < -0.39 is 11.8 Å². The van der Waals surface area contributed by atoms with E-state index in [1.165, 1.54) is 18.3 Å². The maximum atomic E-state index is 14.2. The first-order valence-electron chi connectivity index (χ1n) is 5.99. The molecular formula is C13H8BrClFN5O. The van der Waals surface area contributed by atoms with Gasteiger partial charge in [-0.05, 0) is 34.1 Å². The smallest absolute Gasteiger partial charge is 0.319 e. The predicted octanol–water partition coefficient (Wildman–Crippen LogP) is 3.17. The molecule has 0 saturated heterocycles. The van der Waals surface area contributed by atoms with Crippen molar-refractivity contribution in [3.05, 3.63) is 45.8 Å². The number of nitrogens with zero attached hydrogens (tertiary/aromatic N) is 4. The van der Waals surface area contributed by atoms with Crippen molar-refractivity contribution >= 4 is 33.3 Å². The van der Waals surface area contributed by atoms with E-state index >= 15 is 0 Å². The first kappa shape index (κ1) is 14.7. The molecule has 0 aliphatic rings. The Balaban J connectivity index is 2.29. The summed E-state index contributed by atoms with van der Waals surface area (Å²) in [6.45, 7) is 0. The molecule has 0 fully saturated rings. The predicted molar refractivity (Wildman–Crippen MR) is 83.3 cm³/mol. The van der Waals surface area contributed by atoms with Crippen LogP contribution in [0.1, 0.15) is 0 Å². The van der Waals surface area contributed by atoms with E-state index in [4.69, 9.17) is 17.3 Å². The van der Waals surface area contributed by atoms with E-state index in [1.54, 1.807) is 12.1 Å². The van der Waals surface area contributed by atoms with Crippen LogP contribution in [0.15, 0.2) is 34.9 Å². The maximum Gasteiger partial charge on any atom is 0.319 e. The molecule has 2 heterocycles. The SMILES string of the molecule is Nc1ncc(Br)cc1-c1nnc(O)n1-c1cccc(Cl)c1F. The summed E-state index contributed by atoms with van der Waals surface area (Å²) in [6.07, 6.45) is 1.51. The van der Waals surface area contributed by atoms with E-state index in [1.807, 2.05) is 0 Å². The number of nitrogens with two attached hydrogens (primary N) is 1. The minimum absolute atomic E-state index is 0.00405. The second kappa shape index (κ2) is 5.54. The number of halogens is 3. The van der Waals surface area contributed by atoms with Crippen LogP contribution in [0.25, 0.3) is 17.1 Å². The molecule has 1 aromatic carbocycles. The fraction of sp³-hybridized carbons (Fsp3) is 0. The van der Waals surface area contributed by atoms with E-state index in [0.717, 1.165) is 4.57 Å². The Labute approximate surface area is 137 Å². The van der Waals surface area contributed by atoms with E-state index in [9.17, 15) is 9.50 Å². The van der Waals surface area contributed by atoms with E-state index in [2.05, 4.69) is 31.1 Å². The molecule has 0 unspecified atom stereocenters. The van der Waals surface area contributed by atoms with Gasteiger partial charge in [0.1, 0.15) is 5.82 Å². The summed E-state index contributed by atoms with van der Waals surface area (Å²) in [5, 5.41) is 17.3. The van der Waals surface area contributed by atoms with Crippen molar-refractivity contribution in [1.29, 1.82) is 0 Å². The Morgan fingerprint density at radius 3 is 2.86 bits per heavy atom. The van der Waals surface area contributed by atoms with Crippen molar-refractivity contribution in [3.63, 3.8) is 0 Å². The lowest BCUT2D eigenvalue weighted by Crippen LogP contribution is -2.03. The molecule has 9 heteroatoms. The second-order valence-electron chi connectivity index (χ2n) is 4.32. The van der Waals surface area contributed by atoms with E-state index in [-0.39, 0.29) is 22.4 Å². The molecule has 2 aromatic heterocycles. The highest BCUT2D eigenvalue weighted by Crippen LogP contribution is 2.32. The summed E-state index contributed by atoms with van der Waals surface area (Å²) in [6, 6.07) is 5.54. The average molecular weight is 385 g/mol. The van der Waals surface area contributed by atoms with Crippen LogP contribution in [0.4, 0.5) is 10.2 Å². The van der Waals surface area contributed by atoms with Crippen LogP contribution in [0.5, 0.6) is 6.01 Å². The number of anilines is 1. The number of benzene rings is 1. The summed E-state index contributed by atoms with van der Waals surface area (Å²) < 4.78 is 16.0.